The Balaban J connectivity index is 2.69. The molecule has 5 nitrogen and oxygen atoms in total. The zero-order valence-corrected chi connectivity index (χ0v) is 11.6. The fourth-order valence-electron chi connectivity index (χ4n) is 2.06. The highest BCUT2D eigenvalue weighted by molar-refractivity contribution is 5.90. The molecule has 1 aromatic heterocycles. The van der Waals surface area contributed by atoms with Crippen LogP contribution in [0.4, 0.5) is 0 Å². The summed E-state index contributed by atoms with van der Waals surface area (Å²) >= 11 is 0. The number of nitrogens with two attached hydrogens (primary N) is 1. The molecule has 0 aliphatic heterocycles. The standard InChI is InChI=1S/C14H19NO4/c1-5-9(15)11-6-8-10(19-11)7-12(16-2)14(18-4)13(8)17-3/h6-7,9H,5,15H2,1-4H3. The lowest BCUT2D eigenvalue weighted by molar-refractivity contribution is 0.326. The van der Waals surface area contributed by atoms with Gasteiger partial charge in [-0.1, -0.05) is 6.92 Å². The van der Waals surface area contributed by atoms with E-state index in [1.165, 1.54) is 0 Å². The number of methoxy groups -OCH3 is 3. The minimum absolute atomic E-state index is 0.130. The third-order valence-corrected chi connectivity index (χ3v) is 3.15. The molecule has 1 unspecified atom stereocenters. The molecule has 0 spiro atoms. The lowest BCUT2D eigenvalue weighted by Gasteiger charge is -2.12. The second kappa shape index (κ2) is 5.40. The molecular formula is C14H19NO4. The van der Waals surface area contributed by atoms with Gasteiger partial charge in [0.1, 0.15) is 11.3 Å². The van der Waals surface area contributed by atoms with Crippen LogP contribution in [0.5, 0.6) is 17.2 Å². The Morgan fingerprint density at radius 1 is 1.11 bits per heavy atom. The maximum atomic E-state index is 5.99. The van der Waals surface area contributed by atoms with Gasteiger partial charge in [-0.15, -0.1) is 0 Å². The minimum atomic E-state index is -0.130. The smallest absolute Gasteiger partial charge is 0.204 e. The molecule has 5 heteroatoms. The van der Waals surface area contributed by atoms with Gasteiger partial charge < -0.3 is 24.4 Å². The van der Waals surface area contributed by atoms with Crippen LogP contribution < -0.4 is 19.9 Å². The van der Waals surface area contributed by atoms with E-state index in [4.69, 9.17) is 24.4 Å². The van der Waals surface area contributed by atoms with Crippen molar-refractivity contribution < 1.29 is 18.6 Å². The second-order valence-electron chi connectivity index (χ2n) is 4.22. The van der Waals surface area contributed by atoms with Gasteiger partial charge in [0, 0.05) is 6.07 Å². The Morgan fingerprint density at radius 2 is 1.79 bits per heavy atom. The fourth-order valence-corrected chi connectivity index (χ4v) is 2.06. The highest BCUT2D eigenvalue weighted by Crippen LogP contribution is 2.44. The highest BCUT2D eigenvalue weighted by Gasteiger charge is 2.20. The molecule has 0 fully saturated rings. The Labute approximate surface area is 112 Å². The molecule has 0 bridgehead atoms. The summed E-state index contributed by atoms with van der Waals surface area (Å²) in [6, 6.07) is 3.54. The van der Waals surface area contributed by atoms with Gasteiger partial charge in [0.05, 0.1) is 32.8 Å². The van der Waals surface area contributed by atoms with Crippen LogP contribution in [0.15, 0.2) is 16.5 Å². The predicted octanol–water partition coefficient (Wildman–Crippen LogP) is 2.87. The van der Waals surface area contributed by atoms with Crippen LogP contribution in [-0.2, 0) is 0 Å². The average Bonchev–Trinajstić information content (AvgIpc) is 2.87. The largest absolute Gasteiger partial charge is 0.493 e. The first-order valence-electron chi connectivity index (χ1n) is 6.14. The first-order chi connectivity index (χ1) is 9.15. The maximum Gasteiger partial charge on any atom is 0.204 e. The van der Waals surface area contributed by atoms with Crippen LogP contribution in [0, 0.1) is 0 Å². The summed E-state index contributed by atoms with van der Waals surface area (Å²) in [6.07, 6.45) is 0.802. The van der Waals surface area contributed by atoms with Gasteiger partial charge in [0.2, 0.25) is 5.75 Å². The molecule has 2 rings (SSSR count). The van der Waals surface area contributed by atoms with Gasteiger partial charge in [-0.05, 0) is 12.5 Å². The molecule has 2 aromatic rings. The normalized spacial score (nSPS) is 12.5. The van der Waals surface area contributed by atoms with Crippen LogP contribution >= 0.6 is 0 Å². The van der Waals surface area contributed by atoms with Crippen LogP contribution in [0.1, 0.15) is 25.1 Å². The van der Waals surface area contributed by atoms with Gasteiger partial charge in [-0.3, -0.25) is 0 Å². The summed E-state index contributed by atoms with van der Waals surface area (Å²) in [7, 11) is 4.74. The van der Waals surface area contributed by atoms with Crippen molar-refractivity contribution in [3.05, 3.63) is 17.9 Å². The van der Waals surface area contributed by atoms with E-state index in [2.05, 4.69) is 0 Å². The van der Waals surface area contributed by atoms with Gasteiger partial charge >= 0.3 is 0 Å². The number of hydrogen-bond acceptors (Lipinski definition) is 5. The predicted molar refractivity (Wildman–Crippen MR) is 73.1 cm³/mol. The minimum Gasteiger partial charge on any atom is -0.493 e. The fraction of sp³-hybridized carbons (Fsp3) is 0.429. The van der Waals surface area contributed by atoms with E-state index >= 15 is 0 Å². The van der Waals surface area contributed by atoms with Crippen LogP contribution in [0.3, 0.4) is 0 Å². The third kappa shape index (κ3) is 2.21. The first-order valence-corrected chi connectivity index (χ1v) is 6.14. The molecule has 1 aromatic carbocycles. The Hall–Kier alpha value is -1.88. The molecule has 0 saturated heterocycles. The van der Waals surface area contributed by atoms with Crippen molar-refractivity contribution in [3.63, 3.8) is 0 Å². The van der Waals surface area contributed by atoms with Crippen LogP contribution in [0.2, 0.25) is 0 Å². The van der Waals surface area contributed by atoms with Crippen molar-refractivity contribution in [1.82, 2.24) is 0 Å². The molecule has 0 radical (unpaired) electrons. The molecular weight excluding hydrogens is 246 g/mol. The average molecular weight is 265 g/mol. The molecule has 2 N–H and O–H groups in total. The Morgan fingerprint density at radius 3 is 2.32 bits per heavy atom. The highest BCUT2D eigenvalue weighted by atomic mass is 16.5. The second-order valence-corrected chi connectivity index (χ2v) is 4.22. The first kappa shape index (κ1) is 13.5. The third-order valence-electron chi connectivity index (χ3n) is 3.15. The topological polar surface area (TPSA) is 66.9 Å². The van der Waals surface area contributed by atoms with E-state index in [-0.39, 0.29) is 6.04 Å². The summed E-state index contributed by atoms with van der Waals surface area (Å²) in [5.41, 5.74) is 6.67. The summed E-state index contributed by atoms with van der Waals surface area (Å²) in [5.74, 6) is 2.44. The van der Waals surface area contributed by atoms with Crippen molar-refractivity contribution in [3.8, 4) is 17.2 Å². The lowest BCUT2D eigenvalue weighted by Crippen LogP contribution is -2.06. The van der Waals surface area contributed by atoms with E-state index < -0.39 is 0 Å². The zero-order chi connectivity index (χ0) is 14.0. The molecule has 0 aliphatic rings. The van der Waals surface area contributed by atoms with E-state index in [1.54, 1.807) is 27.4 Å². The number of furan rings is 1. The van der Waals surface area contributed by atoms with Crippen molar-refractivity contribution in [2.45, 2.75) is 19.4 Å². The van der Waals surface area contributed by atoms with Crippen molar-refractivity contribution >= 4 is 11.0 Å². The molecule has 0 aliphatic carbocycles. The molecule has 1 atom stereocenters. The number of benzene rings is 1. The summed E-state index contributed by atoms with van der Waals surface area (Å²) < 4.78 is 21.8. The molecule has 1 heterocycles. The van der Waals surface area contributed by atoms with Gasteiger partial charge in [-0.2, -0.15) is 0 Å². The maximum absolute atomic E-state index is 5.99. The van der Waals surface area contributed by atoms with Crippen LogP contribution in [0.25, 0.3) is 11.0 Å². The van der Waals surface area contributed by atoms with Gasteiger partial charge in [-0.25, -0.2) is 0 Å². The van der Waals surface area contributed by atoms with Gasteiger partial charge in [0.15, 0.2) is 11.5 Å². The van der Waals surface area contributed by atoms with E-state index in [9.17, 15) is 0 Å². The molecule has 0 amide bonds. The number of fused-ring (bicyclic) bond motifs is 1. The van der Waals surface area contributed by atoms with Gasteiger partial charge in [0.25, 0.3) is 0 Å². The van der Waals surface area contributed by atoms with E-state index in [1.807, 2.05) is 13.0 Å². The zero-order valence-electron chi connectivity index (χ0n) is 11.6. The summed E-state index contributed by atoms with van der Waals surface area (Å²) in [5, 5.41) is 0.832. The van der Waals surface area contributed by atoms with Crippen LogP contribution in [-0.4, -0.2) is 21.3 Å². The number of rotatable bonds is 5. The Bertz CT molecular complexity index is 576. The summed E-state index contributed by atoms with van der Waals surface area (Å²) in [4.78, 5) is 0. The molecule has 19 heavy (non-hydrogen) atoms. The number of ether oxygens (including phenoxy) is 3. The van der Waals surface area contributed by atoms with Crippen molar-refractivity contribution in [2.24, 2.45) is 5.73 Å². The monoisotopic (exact) mass is 265 g/mol. The quantitative estimate of drug-likeness (QED) is 0.900. The lowest BCUT2D eigenvalue weighted by atomic mass is 10.1. The Kier molecular flexibility index (Phi) is 3.85. The summed E-state index contributed by atoms with van der Waals surface area (Å²) in [6.45, 7) is 2.01. The van der Waals surface area contributed by atoms with E-state index in [0.29, 0.717) is 22.8 Å². The molecule has 104 valence electrons. The number of hydrogen-bond donors (Lipinski definition) is 1. The SMILES string of the molecule is CCC(N)c1cc2c(OC)c(OC)c(OC)cc2o1. The van der Waals surface area contributed by atoms with Crippen molar-refractivity contribution in [2.75, 3.05) is 21.3 Å². The molecule has 0 saturated carbocycles. The van der Waals surface area contributed by atoms with E-state index in [0.717, 1.165) is 17.6 Å². The van der Waals surface area contributed by atoms with Crippen molar-refractivity contribution in [1.29, 1.82) is 0 Å².